The molecule has 0 amide bonds. The summed E-state index contributed by atoms with van der Waals surface area (Å²) < 4.78 is 12.6. The molecule has 0 radical (unpaired) electrons. The Morgan fingerprint density at radius 1 is 1.43 bits per heavy atom. The second-order valence-corrected chi connectivity index (χ2v) is 3.79. The number of benzene rings is 1. The first-order valence-corrected chi connectivity index (χ1v) is 4.61. The molecule has 0 aliphatic carbocycles. The van der Waals surface area contributed by atoms with Crippen LogP contribution in [0.4, 0.5) is 4.39 Å². The van der Waals surface area contributed by atoms with E-state index < -0.39 is 5.60 Å². The normalized spacial score (nSPS) is 14.8. The molecule has 0 bridgehead atoms. The standard InChI is InChI=1S/C12H15FO/c1-3-8-12(2,14)9-10-4-6-11(13)7-5-10/h3-7,14H,1,8-9H2,2H3. The second-order valence-electron chi connectivity index (χ2n) is 3.79. The van der Waals surface area contributed by atoms with Crippen LogP contribution in [0.1, 0.15) is 18.9 Å². The summed E-state index contributed by atoms with van der Waals surface area (Å²) in [5.74, 6) is -0.253. The van der Waals surface area contributed by atoms with Crippen LogP contribution in [-0.2, 0) is 6.42 Å². The minimum Gasteiger partial charge on any atom is -0.390 e. The smallest absolute Gasteiger partial charge is 0.123 e. The van der Waals surface area contributed by atoms with Crippen molar-refractivity contribution in [2.45, 2.75) is 25.4 Å². The Morgan fingerprint density at radius 3 is 2.50 bits per heavy atom. The van der Waals surface area contributed by atoms with Crippen molar-refractivity contribution >= 4 is 0 Å². The maximum atomic E-state index is 12.6. The van der Waals surface area contributed by atoms with Crippen molar-refractivity contribution < 1.29 is 9.50 Å². The van der Waals surface area contributed by atoms with E-state index in [1.165, 1.54) is 12.1 Å². The second kappa shape index (κ2) is 4.38. The van der Waals surface area contributed by atoms with Crippen LogP contribution < -0.4 is 0 Å². The van der Waals surface area contributed by atoms with Crippen LogP contribution in [0, 0.1) is 5.82 Å². The van der Waals surface area contributed by atoms with Gasteiger partial charge in [0.25, 0.3) is 0 Å². The van der Waals surface area contributed by atoms with Gasteiger partial charge >= 0.3 is 0 Å². The third-order valence-electron chi connectivity index (χ3n) is 2.08. The summed E-state index contributed by atoms with van der Waals surface area (Å²) in [4.78, 5) is 0. The average Bonchev–Trinajstić information content (AvgIpc) is 2.08. The number of halogens is 1. The summed E-state index contributed by atoms with van der Waals surface area (Å²) in [6.45, 7) is 5.33. The van der Waals surface area contributed by atoms with Crippen LogP contribution in [0.5, 0.6) is 0 Å². The molecule has 1 nitrogen and oxygen atoms in total. The Labute approximate surface area is 83.9 Å². The molecule has 1 unspecified atom stereocenters. The van der Waals surface area contributed by atoms with Gasteiger partial charge in [-0.3, -0.25) is 0 Å². The van der Waals surface area contributed by atoms with Gasteiger partial charge in [0.1, 0.15) is 5.82 Å². The van der Waals surface area contributed by atoms with E-state index in [2.05, 4.69) is 6.58 Å². The summed E-state index contributed by atoms with van der Waals surface area (Å²) in [6.07, 6.45) is 2.73. The van der Waals surface area contributed by atoms with Crippen LogP contribution >= 0.6 is 0 Å². The lowest BCUT2D eigenvalue weighted by atomic mass is 9.93. The number of rotatable bonds is 4. The lowest BCUT2D eigenvalue weighted by molar-refractivity contribution is 0.0637. The van der Waals surface area contributed by atoms with E-state index in [4.69, 9.17) is 0 Å². The molecule has 14 heavy (non-hydrogen) atoms. The fraction of sp³-hybridized carbons (Fsp3) is 0.333. The van der Waals surface area contributed by atoms with Gasteiger partial charge in [0.15, 0.2) is 0 Å². The summed E-state index contributed by atoms with van der Waals surface area (Å²) in [5, 5.41) is 9.87. The molecule has 2 heteroatoms. The third kappa shape index (κ3) is 3.30. The van der Waals surface area contributed by atoms with Crippen LogP contribution in [-0.4, -0.2) is 10.7 Å². The zero-order valence-corrected chi connectivity index (χ0v) is 8.33. The quantitative estimate of drug-likeness (QED) is 0.731. The first-order valence-electron chi connectivity index (χ1n) is 4.61. The van der Waals surface area contributed by atoms with E-state index in [1.807, 2.05) is 0 Å². The SMILES string of the molecule is C=CCC(C)(O)Cc1ccc(F)cc1. The van der Waals surface area contributed by atoms with Gasteiger partial charge in [0, 0.05) is 6.42 Å². The van der Waals surface area contributed by atoms with E-state index in [0.29, 0.717) is 12.8 Å². The van der Waals surface area contributed by atoms with Crippen molar-refractivity contribution in [3.63, 3.8) is 0 Å². The largest absolute Gasteiger partial charge is 0.390 e. The molecule has 0 fully saturated rings. The van der Waals surface area contributed by atoms with Gasteiger partial charge in [-0.15, -0.1) is 6.58 Å². The van der Waals surface area contributed by atoms with E-state index >= 15 is 0 Å². The molecule has 1 atom stereocenters. The molecule has 0 aromatic heterocycles. The molecule has 1 aromatic carbocycles. The lowest BCUT2D eigenvalue weighted by Gasteiger charge is -2.21. The minimum absolute atomic E-state index is 0.253. The van der Waals surface area contributed by atoms with Gasteiger partial charge in [0.2, 0.25) is 0 Å². The Hall–Kier alpha value is -1.15. The van der Waals surface area contributed by atoms with Crippen molar-refractivity contribution in [2.24, 2.45) is 0 Å². The highest BCUT2D eigenvalue weighted by Crippen LogP contribution is 2.17. The molecule has 0 aliphatic heterocycles. The zero-order valence-electron chi connectivity index (χ0n) is 8.33. The number of aliphatic hydroxyl groups is 1. The Bertz CT molecular complexity index is 301. The monoisotopic (exact) mass is 194 g/mol. The number of hydrogen-bond donors (Lipinski definition) is 1. The topological polar surface area (TPSA) is 20.2 Å². The van der Waals surface area contributed by atoms with Crippen molar-refractivity contribution in [2.75, 3.05) is 0 Å². The minimum atomic E-state index is -0.792. The van der Waals surface area contributed by atoms with Crippen molar-refractivity contribution in [1.29, 1.82) is 0 Å². The fourth-order valence-electron chi connectivity index (χ4n) is 1.43. The molecular weight excluding hydrogens is 179 g/mol. The Kier molecular flexibility index (Phi) is 3.42. The Balaban J connectivity index is 2.68. The molecule has 1 N–H and O–H groups in total. The van der Waals surface area contributed by atoms with Crippen molar-refractivity contribution in [1.82, 2.24) is 0 Å². The highest BCUT2D eigenvalue weighted by Gasteiger charge is 2.18. The Morgan fingerprint density at radius 2 is 2.00 bits per heavy atom. The van der Waals surface area contributed by atoms with E-state index in [9.17, 15) is 9.50 Å². The molecule has 0 saturated carbocycles. The van der Waals surface area contributed by atoms with Crippen LogP contribution in [0.3, 0.4) is 0 Å². The predicted octanol–water partition coefficient (Wildman–Crippen LogP) is 2.70. The summed E-state index contributed by atoms with van der Waals surface area (Å²) >= 11 is 0. The fourth-order valence-corrected chi connectivity index (χ4v) is 1.43. The number of hydrogen-bond acceptors (Lipinski definition) is 1. The summed E-state index contributed by atoms with van der Waals surface area (Å²) in [6, 6.07) is 6.18. The highest BCUT2D eigenvalue weighted by atomic mass is 19.1. The predicted molar refractivity (Wildman–Crippen MR) is 55.5 cm³/mol. The van der Waals surface area contributed by atoms with E-state index in [-0.39, 0.29) is 5.82 Å². The van der Waals surface area contributed by atoms with E-state index in [0.717, 1.165) is 5.56 Å². The van der Waals surface area contributed by atoms with Crippen molar-refractivity contribution in [3.05, 3.63) is 48.3 Å². The molecule has 1 aromatic rings. The van der Waals surface area contributed by atoms with Gasteiger partial charge in [-0.25, -0.2) is 4.39 Å². The van der Waals surface area contributed by atoms with Gasteiger partial charge < -0.3 is 5.11 Å². The maximum Gasteiger partial charge on any atom is 0.123 e. The third-order valence-corrected chi connectivity index (χ3v) is 2.08. The first kappa shape index (κ1) is 10.9. The van der Waals surface area contributed by atoms with Crippen LogP contribution in [0.2, 0.25) is 0 Å². The molecule has 76 valence electrons. The first-order chi connectivity index (χ1) is 6.53. The molecule has 1 rings (SSSR count). The van der Waals surface area contributed by atoms with Gasteiger partial charge in [-0.1, -0.05) is 18.2 Å². The molecule has 0 aliphatic rings. The van der Waals surface area contributed by atoms with Crippen molar-refractivity contribution in [3.8, 4) is 0 Å². The summed E-state index contributed by atoms with van der Waals surface area (Å²) in [5.41, 5.74) is 0.137. The summed E-state index contributed by atoms with van der Waals surface area (Å²) in [7, 11) is 0. The van der Waals surface area contributed by atoms with E-state index in [1.54, 1.807) is 25.1 Å². The highest BCUT2D eigenvalue weighted by molar-refractivity contribution is 5.18. The molecule has 0 heterocycles. The van der Waals surface area contributed by atoms with Gasteiger partial charge in [-0.2, -0.15) is 0 Å². The maximum absolute atomic E-state index is 12.6. The van der Waals surface area contributed by atoms with Crippen LogP contribution in [0.15, 0.2) is 36.9 Å². The van der Waals surface area contributed by atoms with Gasteiger partial charge in [-0.05, 0) is 31.0 Å². The van der Waals surface area contributed by atoms with Gasteiger partial charge in [0.05, 0.1) is 5.60 Å². The zero-order chi connectivity index (χ0) is 10.6. The lowest BCUT2D eigenvalue weighted by Crippen LogP contribution is -2.26. The average molecular weight is 194 g/mol. The molecule has 0 spiro atoms. The molecule has 0 saturated heterocycles. The van der Waals surface area contributed by atoms with Crippen LogP contribution in [0.25, 0.3) is 0 Å². The molecular formula is C12H15FO.